The van der Waals surface area contributed by atoms with Gasteiger partial charge in [-0.1, -0.05) is 31.7 Å². The molecule has 1 aliphatic rings. The maximum Gasteiger partial charge on any atom is 0.123 e. The first-order chi connectivity index (χ1) is 8.76. The second-order valence-electron chi connectivity index (χ2n) is 4.89. The van der Waals surface area contributed by atoms with Crippen LogP contribution < -0.4 is 10.1 Å². The standard InChI is InChI=1S/C16H23NO/c1-4-12(3)18-16-11-7-8-13-14(16)9-6-10-15(13)17-5-2/h4,7-8,11-12,15,17H,1,5-6,9-10H2,2-3H3. The lowest BCUT2D eigenvalue weighted by Gasteiger charge is -2.28. The summed E-state index contributed by atoms with van der Waals surface area (Å²) in [6, 6.07) is 6.89. The highest BCUT2D eigenvalue weighted by atomic mass is 16.5. The molecule has 1 aromatic rings. The number of hydrogen-bond acceptors (Lipinski definition) is 2. The normalized spacial score (nSPS) is 20.0. The van der Waals surface area contributed by atoms with Crippen LogP contribution in [0.1, 0.15) is 43.9 Å². The van der Waals surface area contributed by atoms with Gasteiger partial charge in [0.15, 0.2) is 0 Å². The molecular weight excluding hydrogens is 222 g/mol. The van der Waals surface area contributed by atoms with Crippen LogP contribution in [-0.4, -0.2) is 12.6 Å². The predicted molar refractivity (Wildman–Crippen MR) is 76.1 cm³/mol. The highest BCUT2D eigenvalue weighted by molar-refractivity contribution is 5.43. The van der Waals surface area contributed by atoms with Crippen LogP contribution in [0.3, 0.4) is 0 Å². The maximum atomic E-state index is 5.94. The van der Waals surface area contributed by atoms with Crippen molar-refractivity contribution in [3.05, 3.63) is 42.0 Å². The van der Waals surface area contributed by atoms with Crippen molar-refractivity contribution in [3.63, 3.8) is 0 Å². The third-order valence-electron chi connectivity index (χ3n) is 3.56. The Hall–Kier alpha value is -1.28. The number of ether oxygens (including phenoxy) is 1. The van der Waals surface area contributed by atoms with Gasteiger partial charge in [0.25, 0.3) is 0 Å². The third kappa shape index (κ3) is 2.75. The lowest BCUT2D eigenvalue weighted by molar-refractivity contribution is 0.265. The summed E-state index contributed by atoms with van der Waals surface area (Å²) >= 11 is 0. The van der Waals surface area contributed by atoms with Crippen molar-refractivity contribution in [2.24, 2.45) is 0 Å². The van der Waals surface area contributed by atoms with Crippen LogP contribution in [-0.2, 0) is 6.42 Å². The van der Waals surface area contributed by atoms with Crippen LogP contribution in [0.15, 0.2) is 30.9 Å². The molecule has 0 amide bonds. The summed E-state index contributed by atoms with van der Waals surface area (Å²) in [5.74, 6) is 1.03. The van der Waals surface area contributed by atoms with E-state index in [2.05, 4.69) is 37.0 Å². The molecule has 0 saturated heterocycles. The SMILES string of the molecule is C=CC(C)Oc1cccc2c1CCCC2NCC. The summed E-state index contributed by atoms with van der Waals surface area (Å²) < 4.78 is 5.94. The minimum absolute atomic E-state index is 0.0658. The molecule has 1 aliphatic carbocycles. The molecule has 1 aromatic carbocycles. The van der Waals surface area contributed by atoms with Gasteiger partial charge in [-0.05, 0) is 49.9 Å². The molecule has 18 heavy (non-hydrogen) atoms. The third-order valence-corrected chi connectivity index (χ3v) is 3.56. The fourth-order valence-corrected chi connectivity index (χ4v) is 2.63. The molecule has 2 rings (SSSR count). The van der Waals surface area contributed by atoms with E-state index in [0.29, 0.717) is 6.04 Å². The van der Waals surface area contributed by atoms with Gasteiger partial charge in [0.2, 0.25) is 0 Å². The van der Waals surface area contributed by atoms with E-state index >= 15 is 0 Å². The highest BCUT2D eigenvalue weighted by Crippen LogP contribution is 2.35. The van der Waals surface area contributed by atoms with Crippen LogP contribution in [0.25, 0.3) is 0 Å². The molecule has 0 heterocycles. The lowest BCUT2D eigenvalue weighted by atomic mass is 9.87. The summed E-state index contributed by atoms with van der Waals surface area (Å²) in [6.07, 6.45) is 5.48. The van der Waals surface area contributed by atoms with E-state index in [1.54, 1.807) is 0 Å². The molecule has 0 spiro atoms. The van der Waals surface area contributed by atoms with Crippen molar-refractivity contribution in [1.29, 1.82) is 0 Å². The van der Waals surface area contributed by atoms with Gasteiger partial charge in [0.1, 0.15) is 11.9 Å². The molecule has 2 nitrogen and oxygen atoms in total. The number of fused-ring (bicyclic) bond motifs is 1. The van der Waals surface area contributed by atoms with E-state index < -0.39 is 0 Å². The maximum absolute atomic E-state index is 5.94. The van der Waals surface area contributed by atoms with E-state index in [1.807, 2.05) is 13.0 Å². The van der Waals surface area contributed by atoms with Crippen LogP contribution in [0.2, 0.25) is 0 Å². The van der Waals surface area contributed by atoms with Gasteiger partial charge in [-0.25, -0.2) is 0 Å². The quantitative estimate of drug-likeness (QED) is 0.800. The number of benzene rings is 1. The van der Waals surface area contributed by atoms with Crippen molar-refractivity contribution in [3.8, 4) is 5.75 Å². The van der Waals surface area contributed by atoms with Crippen LogP contribution in [0, 0.1) is 0 Å². The zero-order chi connectivity index (χ0) is 13.0. The average molecular weight is 245 g/mol. The Morgan fingerprint density at radius 2 is 2.39 bits per heavy atom. The molecule has 0 radical (unpaired) electrons. The zero-order valence-electron chi connectivity index (χ0n) is 11.4. The van der Waals surface area contributed by atoms with E-state index in [-0.39, 0.29) is 6.10 Å². The number of rotatable bonds is 5. The molecule has 0 fully saturated rings. The second kappa shape index (κ2) is 6.05. The van der Waals surface area contributed by atoms with Gasteiger partial charge in [0.05, 0.1) is 0 Å². The Bertz CT molecular complexity index is 414. The number of nitrogens with one attached hydrogen (secondary N) is 1. The van der Waals surface area contributed by atoms with E-state index in [9.17, 15) is 0 Å². The van der Waals surface area contributed by atoms with E-state index in [0.717, 1.165) is 18.7 Å². The van der Waals surface area contributed by atoms with Gasteiger partial charge >= 0.3 is 0 Å². The van der Waals surface area contributed by atoms with Gasteiger partial charge in [-0.3, -0.25) is 0 Å². The molecule has 1 N–H and O–H groups in total. The molecule has 0 saturated carbocycles. The minimum atomic E-state index is 0.0658. The minimum Gasteiger partial charge on any atom is -0.486 e. The van der Waals surface area contributed by atoms with E-state index in [4.69, 9.17) is 4.74 Å². The van der Waals surface area contributed by atoms with Crippen LogP contribution in [0.4, 0.5) is 0 Å². The Morgan fingerprint density at radius 1 is 1.56 bits per heavy atom. The van der Waals surface area contributed by atoms with Crippen molar-refractivity contribution in [1.82, 2.24) is 5.32 Å². The summed E-state index contributed by atoms with van der Waals surface area (Å²) in [5.41, 5.74) is 2.79. The van der Waals surface area contributed by atoms with Gasteiger partial charge in [-0.15, -0.1) is 0 Å². The highest BCUT2D eigenvalue weighted by Gasteiger charge is 2.22. The lowest BCUT2D eigenvalue weighted by Crippen LogP contribution is -2.25. The molecule has 0 bridgehead atoms. The van der Waals surface area contributed by atoms with Crippen LogP contribution in [0.5, 0.6) is 5.75 Å². The average Bonchev–Trinajstić information content (AvgIpc) is 2.40. The fourth-order valence-electron chi connectivity index (χ4n) is 2.63. The Labute approximate surface area is 110 Å². The summed E-state index contributed by atoms with van der Waals surface area (Å²) in [5, 5.41) is 3.56. The Balaban J connectivity index is 2.28. The van der Waals surface area contributed by atoms with Crippen molar-refractivity contribution < 1.29 is 4.74 Å². The smallest absolute Gasteiger partial charge is 0.123 e. The molecule has 2 atom stereocenters. The summed E-state index contributed by atoms with van der Waals surface area (Å²) in [6.45, 7) is 8.97. The van der Waals surface area contributed by atoms with Gasteiger partial charge in [0, 0.05) is 6.04 Å². The Morgan fingerprint density at radius 3 is 3.11 bits per heavy atom. The number of hydrogen-bond donors (Lipinski definition) is 1. The monoisotopic (exact) mass is 245 g/mol. The van der Waals surface area contributed by atoms with Crippen molar-refractivity contribution in [2.75, 3.05) is 6.54 Å². The Kier molecular flexibility index (Phi) is 4.43. The second-order valence-corrected chi connectivity index (χ2v) is 4.89. The summed E-state index contributed by atoms with van der Waals surface area (Å²) in [4.78, 5) is 0. The van der Waals surface area contributed by atoms with Crippen molar-refractivity contribution >= 4 is 0 Å². The summed E-state index contributed by atoms with van der Waals surface area (Å²) in [7, 11) is 0. The predicted octanol–water partition coefficient (Wildman–Crippen LogP) is 3.63. The molecular formula is C16H23NO. The van der Waals surface area contributed by atoms with Gasteiger partial charge in [-0.2, -0.15) is 0 Å². The first kappa shape index (κ1) is 13.2. The zero-order valence-corrected chi connectivity index (χ0v) is 11.4. The topological polar surface area (TPSA) is 21.3 Å². The molecule has 0 aliphatic heterocycles. The van der Waals surface area contributed by atoms with Crippen LogP contribution >= 0.6 is 0 Å². The molecule has 98 valence electrons. The molecule has 2 heteroatoms. The molecule has 2 unspecified atom stereocenters. The van der Waals surface area contributed by atoms with E-state index in [1.165, 1.54) is 24.0 Å². The van der Waals surface area contributed by atoms with Crippen molar-refractivity contribution in [2.45, 2.75) is 45.3 Å². The largest absolute Gasteiger partial charge is 0.486 e. The molecule has 0 aromatic heterocycles. The fraction of sp³-hybridized carbons (Fsp3) is 0.500. The first-order valence-corrected chi connectivity index (χ1v) is 6.90. The first-order valence-electron chi connectivity index (χ1n) is 6.90. The van der Waals surface area contributed by atoms with Gasteiger partial charge < -0.3 is 10.1 Å².